The molecule has 0 N–H and O–H groups in total. The summed E-state index contributed by atoms with van der Waals surface area (Å²) in [6, 6.07) is 0. The van der Waals surface area contributed by atoms with Crippen molar-refractivity contribution in [1.82, 2.24) is 0 Å². The molecule has 0 aliphatic carbocycles. The van der Waals surface area contributed by atoms with E-state index in [0.717, 1.165) is 5.57 Å². The summed E-state index contributed by atoms with van der Waals surface area (Å²) in [5.74, 6) is 0.519. The molecular weight excluding hydrogens is 128 g/mol. The van der Waals surface area contributed by atoms with Gasteiger partial charge in [-0.2, -0.15) is 0 Å². The maximum absolute atomic E-state index is 4.85. The molecule has 0 rings (SSSR count). The van der Waals surface area contributed by atoms with Gasteiger partial charge in [0.05, 0.1) is 6.61 Å². The van der Waals surface area contributed by atoms with Gasteiger partial charge in [0, 0.05) is 0 Å². The van der Waals surface area contributed by atoms with E-state index in [2.05, 4.69) is 20.4 Å². The number of hydrogen-bond donors (Lipinski definition) is 0. The maximum Gasteiger partial charge on any atom is 0.103 e. The van der Waals surface area contributed by atoms with Crippen LogP contribution in [-0.4, -0.2) is 13.2 Å². The Bertz CT molecular complexity index is 97.4. The van der Waals surface area contributed by atoms with Gasteiger partial charge < -0.3 is 0 Å². The molecule has 0 radical (unpaired) electrons. The number of hydrogen-bond acceptors (Lipinski definition) is 2. The molecule has 0 aliphatic heterocycles. The molecule has 0 atom stereocenters. The molecule has 0 saturated carbocycles. The van der Waals surface area contributed by atoms with Crippen LogP contribution in [0.15, 0.2) is 12.2 Å². The smallest absolute Gasteiger partial charge is 0.103 e. The normalized spacial score (nSPS) is 10.4. The molecule has 0 aromatic rings. The van der Waals surface area contributed by atoms with Crippen LogP contribution in [-0.2, 0) is 9.78 Å². The molecule has 0 fully saturated rings. The van der Waals surface area contributed by atoms with Crippen LogP contribution in [0, 0.1) is 5.92 Å². The lowest BCUT2D eigenvalue weighted by Crippen LogP contribution is -2.03. The van der Waals surface area contributed by atoms with Gasteiger partial charge in [0.1, 0.15) is 6.61 Å². The quantitative estimate of drug-likeness (QED) is 0.255. The lowest BCUT2D eigenvalue weighted by Gasteiger charge is -2.04. The monoisotopic (exact) mass is 144 g/mol. The fraction of sp³-hybridized carbons (Fsp3) is 0.750. The van der Waals surface area contributed by atoms with Gasteiger partial charge in [-0.1, -0.05) is 26.0 Å². The van der Waals surface area contributed by atoms with E-state index in [1.54, 1.807) is 0 Å². The molecule has 60 valence electrons. The SMILES string of the molecule is C=C(C)COOCC(C)C. The summed E-state index contributed by atoms with van der Waals surface area (Å²) in [4.78, 5) is 9.65. The van der Waals surface area contributed by atoms with Crippen LogP contribution in [0.5, 0.6) is 0 Å². The van der Waals surface area contributed by atoms with Crippen LogP contribution in [0.25, 0.3) is 0 Å². The van der Waals surface area contributed by atoms with Crippen molar-refractivity contribution in [3.63, 3.8) is 0 Å². The third-order valence-electron chi connectivity index (χ3n) is 0.790. The Labute approximate surface area is 62.8 Å². The molecule has 0 saturated heterocycles. The summed E-state index contributed by atoms with van der Waals surface area (Å²) < 4.78 is 0. The Hall–Kier alpha value is -0.340. The zero-order valence-electron chi connectivity index (χ0n) is 7.02. The van der Waals surface area contributed by atoms with E-state index in [4.69, 9.17) is 9.78 Å². The fourth-order valence-corrected chi connectivity index (χ4v) is 0.326. The molecule has 2 heteroatoms. The van der Waals surface area contributed by atoms with Crippen LogP contribution >= 0.6 is 0 Å². The van der Waals surface area contributed by atoms with Gasteiger partial charge in [-0.05, 0) is 12.8 Å². The van der Waals surface area contributed by atoms with Crippen molar-refractivity contribution < 1.29 is 9.78 Å². The Morgan fingerprint density at radius 2 is 2.00 bits per heavy atom. The summed E-state index contributed by atoms with van der Waals surface area (Å²) in [6.07, 6.45) is 0. The predicted molar refractivity (Wildman–Crippen MR) is 41.6 cm³/mol. The lowest BCUT2D eigenvalue weighted by molar-refractivity contribution is -0.293. The minimum absolute atomic E-state index is 0.493. The van der Waals surface area contributed by atoms with E-state index in [0.29, 0.717) is 19.1 Å². The average Bonchev–Trinajstić information content (AvgIpc) is 1.79. The van der Waals surface area contributed by atoms with Crippen molar-refractivity contribution in [3.05, 3.63) is 12.2 Å². The molecule has 10 heavy (non-hydrogen) atoms. The zero-order chi connectivity index (χ0) is 7.98. The molecule has 0 aromatic carbocycles. The first-order valence-electron chi connectivity index (χ1n) is 3.51. The minimum Gasteiger partial charge on any atom is -0.236 e. The van der Waals surface area contributed by atoms with E-state index in [1.807, 2.05) is 6.92 Å². The molecular formula is C8H16O2. The molecule has 0 unspecified atom stereocenters. The number of rotatable bonds is 5. The van der Waals surface area contributed by atoms with Crippen LogP contribution < -0.4 is 0 Å². The van der Waals surface area contributed by atoms with Gasteiger partial charge in [-0.15, -0.1) is 0 Å². The average molecular weight is 144 g/mol. The molecule has 0 aliphatic rings. The first kappa shape index (κ1) is 9.66. The van der Waals surface area contributed by atoms with Gasteiger partial charge in [-0.25, -0.2) is 9.78 Å². The van der Waals surface area contributed by atoms with Crippen molar-refractivity contribution in [2.75, 3.05) is 13.2 Å². The van der Waals surface area contributed by atoms with E-state index in [1.165, 1.54) is 0 Å². The topological polar surface area (TPSA) is 18.5 Å². The summed E-state index contributed by atoms with van der Waals surface area (Å²) in [5.41, 5.74) is 0.976. The van der Waals surface area contributed by atoms with Crippen molar-refractivity contribution in [1.29, 1.82) is 0 Å². The Morgan fingerprint density at radius 1 is 1.40 bits per heavy atom. The Kier molecular flexibility index (Phi) is 5.26. The standard InChI is InChI=1S/C8H16O2/c1-7(2)5-9-10-6-8(3)4/h8H,1,5-6H2,2-4H3. The van der Waals surface area contributed by atoms with Crippen molar-refractivity contribution in [2.24, 2.45) is 5.92 Å². The molecule has 0 bridgehead atoms. The zero-order valence-corrected chi connectivity index (χ0v) is 7.02. The highest BCUT2D eigenvalue weighted by Gasteiger charge is 1.93. The summed E-state index contributed by atoms with van der Waals surface area (Å²) in [7, 11) is 0. The predicted octanol–water partition coefficient (Wildman–Crippen LogP) is 2.17. The van der Waals surface area contributed by atoms with Gasteiger partial charge in [0.25, 0.3) is 0 Å². The highest BCUT2D eigenvalue weighted by Crippen LogP contribution is 1.94. The largest absolute Gasteiger partial charge is 0.236 e. The molecule has 2 nitrogen and oxygen atoms in total. The van der Waals surface area contributed by atoms with Crippen molar-refractivity contribution in [3.8, 4) is 0 Å². The maximum atomic E-state index is 4.85. The first-order valence-corrected chi connectivity index (χ1v) is 3.51. The first-order chi connectivity index (χ1) is 4.63. The second-order valence-electron chi connectivity index (χ2n) is 2.90. The highest BCUT2D eigenvalue weighted by molar-refractivity contribution is 4.86. The molecule has 0 aromatic heterocycles. The Balaban J connectivity index is 2.98. The molecule has 0 amide bonds. The summed E-state index contributed by atoms with van der Waals surface area (Å²) >= 11 is 0. The van der Waals surface area contributed by atoms with Gasteiger partial charge in [0.2, 0.25) is 0 Å². The van der Waals surface area contributed by atoms with Crippen LogP contribution in [0.2, 0.25) is 0 Å². The van der Waals surface area contributed by atoms with Crippen LogP contribution in [0.4, 0.5) is 0 Å². The third kappa shape index (κ3) is 7.66. The Morgan fingerprint density at radius 3 is 2.40 bits per heavy atom. The van der Waals surface area contributed by atoms with E-state index < -0.39 is 0 Å². The van der Waals surface area contributed by atoms with E-state index in [9.17, 15) is 0 Å². The molecule has 0 heterocycles. The van der Waals surface area contributed by atoms with E-state index >= 15 is 0 Å². The second-order valence-corrected chi connectivity index (χ2v) is 2.90. The minimum atomic E-state index is 0.493. The van der Waals surface area contributed by atoms with Gasteiger partial charge in [-0.3, -0.25) is 0 Å². The second kappa shape index (κ2) is 5.45. The van der Waals surface area contributed by atoms with Gasteiger partial charge >= 0.3 is 0 Å². The fourth-order valence-electron chi connectivity index (χ4n) is 0.326. The van der Waals surface area contributed by atoms with E-state index in [-0.39, 0.29) is 0 Å². The summed E-state index contributed by atoms with van der Waals surface area (Å²) in [6.45, 7) is 10.9. The summed E-state index contributed by atoms with van der Waals surface area (Å²) in [5, 5.41) is 0. The molecule has 0 spiro atoms. The van der Waals surface area contributed by atoms with Crippen molar-refractivity contribution in [2.45, 2.75) is 20.8 Å². The lowest BCUT2D eigenvalue weighted by atomic mass is 10.2. The van der Waals surface area contributed by atoms with Gasteiger partial charge in [0.15, 0.2) is 0 Å². The van der Waals surface area contributed by atoms with Crippen LogP contribution in [0.3, 0.4) is 0 Å². The highest BCUT2D eigenvalue weighted by atomic mass is 17.2. The van der Waals surface area contributed by atoms with Crippen molar-refractivity contribution >= 4 is 0 Å². The van der Waals surface area contributed by atoms with Crippen LogP contribution in [0.1, 0.15) is 20.8 Å². The third-order valence-corrected chi connectivity index (χ3v) is 0.790.